The summed E-state index contributed by atoms with van der Waals surface area (Å²) < 4.78 is 27.0. The van der Waals surface area contributed by atoms with Gasteiger partial charge in [0, 0.05) is 38.8 Å². The Morgan fingerprint density at radius 1 is 1.14 bits per heavy atom. The number of benzene rings is 1. The molecule has 1 aliphatic heterocycles. The molecule has 1 aliphatic rings. The molecule has 0 unspecified atom stereocenters. The summed E-state index contributed by atoms with van der Waals surface area (Å²) in [4.78, 5) is 9.14. The summed E-state index contributed by atoms with van der Waals surface area (Å²) in [5.41, 5.74) is 2.29. The highest BCUT2D eigenvalue weighted by atomic mass is 32.2. The van der Waals surface area contributed by atoms with Crippen molar-refractivity contribution in [3.8, 4) is 0 Å². The highest BCUT2D eigenvalue weighted by Crippen LogP contribution is 2.27. The largest absolute Gasteiger partial charge is 0.318 e. The van der Waals surface area contributed by atoms with Crippen LogP contribution in [0.4, 0.5) is 0 Å². The smallest absolute Gasteiger partial charge is 0.227 e. The van der Waals surface area contributed by atoms with Crippen molar-refractivity contribution in [1.29, 1.82) is 0 Å². The van der Waals surface area contributed by atoms with Crippen molar-refractivity contribution in [1.82, 2.24) is 19.4 Å². The summed E-state index contributed by atoms with van der Waals surface area (Å²) in [6.07, 6.45) is 3.73. The Balaban J connectivity index is 1.90. The van der Waals surface area contributed by atoms with Gasteiger partial charge in [0.15, 0.2) is 0 Å². The lowest BCUT2D eigenvalue weighted by atomic mass is 10.0. The molecule has 3 rings (SSSR count). The van der Waals surface area contributed by atoms with Crippen LogP contribution in [0, 0.1) is 0 Å². The summed E-state index contributed by atoms with van der Waals surface area (Å²) >= 11 is 0. The molecule has 0 amide bonds. The Morgan fingerprint density at radius 3 is 2.57 bits per heavy atom. The maximum Gasteiger partial charge on any atom is 0.227 e. The van der Waals surface area contributed by atoms with Gasteiger partial charge in [-0.1, -0.05) is 50.6 Å². The van der Waals surface area contributed by atoms with Crippen LogP contribution in [0.3, 0.4) is 0 Å². The molecule has 1 atom stereocenters. The first kappa shape index (κ1) is 21.0. The number of imidazole rings is 1. The van der Waals surface area contributed by atoms with Gasteiger partial charge in [-0.15, -0.1) is 0 Å². The van der Waals surface area contributed by atoms with Crippen LogP contribution in [0.25, 0.3) is 0 Å². The van der Waals surface area contributed by atoms with Crippen LogP contribution in [-0.4, -0.2) is 60.2 Å². The van der Waals surface area contributed by atoms with E-state index in [1.165, 1.54) is 5.56 Å². The molecule has 1 saturated heterocycles. The van der Waals surface area contributed by atoms with E-state index < -0.39 is 9.84 Å². The molecule has 0 N–H and O–H groups in total. The van der Waals surface area contributed by atoms with Crippen molar-refractivity contribution < 1.29 is 8.42 Å². The van der Waals surface area contributed by atoms with Gasteiger partial charge in [-0.2, -0.15) is 0 Å². The molecule has 2 aromatic rings. The maximum atomic E-state index is 12.5. The topological polar surface area (TPSA) is 58.4 Å². The lowest BCUT2D eigenvalue weighted by Crippen LogP contribution is -2.46. The number of piperazine rings is 1. The number of hydrogen-bond donors (Lipinski definition) is 0. The predicted molar refractivity (Wildman–Crippen MR) is 112 cm³/mol. The number of nitrogens with zero attached hydrogens (tertiary/aromatic N) is 4. The van der Waals surface area contributed by atoms with Crippen LogP contribution in [0.1, 0.15) is 44.0 Å². The summed E-state index contributed by atoms with van der Waals surface area (Å²) in [6, 6.07) is 10.9. The highest BCUT2D eigenvalue weighted by Gasteiger charge is 2.29. The minimum absolute atomic E-state index is 0.0801. The SMILES string of the molecule is CCCCn1c(CN2CCN(C)C[C@@H]2c2ccccc2)cnc1S(=O)(=O)CC. The van der Waals surface area contributed by atoms with Gasteiger partial charge in [-0.25, -0.2) is 13.4 Å². The second-order valence-corrected chi connectivity index (χ2v) is 9.77. The summed E-state index contributed by atoms with van der Waals surface area (Å²) in [7, 11) is -1.17. The highest BCUT2D eigenvalue weighted by molar-refractivity contribution is 7.91. The average Bonchev–Trinajstić information content (AvgIpc) is 3.11. The normalized spacial score (nSPS) is 19.2. The number of sulfone groups is 1. The van der Waals surface area contributed by atoms with Crippen molar-refractivity contribution >= 4 is 9.84 Å². The van der Waals surface area contributed by atoms with Gasteiger partial charge in [0.1, 0.15) is 0 Å². The molecule has 1 aromatic heterocycles. The minimum atomic E-state index is -3.33. The first-order chi connectivity index (χ1) is 13.5. The van der Waals surface area contributed by atoms with Crippen LogP contribution in [0.15, 0.2) is 41.7 Å². The lowest BCUT2D eigenvalue weighted by molar-refractivity contribution is 0.0810. The minimum Gasteiger partial charge on any atom is -0.318 e. The number of unbranched alkanes of at least 4 members (excludes halogenated alkanes) is 1. The maximum absolute atomic E-state index is 12.5. The van der Waals surface area contributed by atoms with Crippen molar-refractivity contribution in [3.63, 3.8) is 0 Å². The van der Waals surface area contributed by atoms with E-state index in [0.29, 0.717) is 19.1 Å². The zero-order valence-electron chi connectivity index (χ0n) is 17.2. The number of aromatic nitrogens is 2. The molecule has 2 heterocycles. The Hall–Kier alpha value is -1.70. The standard InChI is InChI=1S/C21H32N4O2S/c1-4-6-12-25-19(15-22-21(25)28(26,27)5-2)16-24-14-13-23(3)17-20(24)18-10-8-7-9-11-18/h7-11,15,20H,4-6,12-14,16-17H2,1-3H3/t20-/m1/s1. The van der Waals surface area contributed by atoms with Gasteiger partial charge < -0.3 is 9.47 Å². The van der Waals surface area contributed by atoms with Gasteiger partial charge in [0.2, 0.25) is 15.0 Å². The van der Waals surface area contributed by atoms with E-state index in [1.54, 1.807) is 13.1 Å². The van der Waals surface area contributed by atoms with E-state index in [1.807, 2.05) is 10.6 Å². The molecule has 0 spiro atoms. The fourth-order valence-electron chi connectivity index (χ4n) is 3.80. The molecular weight excluding hydrogens is 372 g/mol. The van der Waals surface area contributed by atoms with E-state index in [4.69, 9.17) is 0 Å². The van der Waals surface area contributed by atoms with E-state index in [0.717, 1.165) is 38.2 Å². The van der Waals surface area contributed by atoms with E-state index >= 15 is 0 Å². The van der Waals surface area contributed by atoms with Gasteiger partial charge in [-0.05, 0) is 19.0 Å². The van der Waals surface area contributed by atoms with Gasteiger partial charge in [0.25, 0.3) is 0 Å². The Morgan fingerprint density at radius 2 is 1.89 bits per heavy atom. The molecule has 1 aromatic carbocycles. The third-order valence-electron chi connectivity index (χ3n) is 5.54. The third kappa shape index (κ3) is 4.64. The van der Waals surface area contributed by atoms with E-state index in [2.05, 4.69) is 53.0 Å². The number of rotatable bonds is 8. The van der Waals surface area contributed by atoms with Gasteiger partial charge in [0.05, 0.1) is 17.6 Å². The molecule has 0 bridgehead atoms. The summed E-state index contributed by atoms with van der Waals surface area (Å²) in [5, 5.41) is 0.226. The van der Waals surface area contributed by atoms with Crippen molar-refractivity contribution in [2.75, 3.05) is 32.4 Å². The average molecular weight is 405 g/mol. The zero-order chi connectivity index (χ0) is 20.1. The Labute approximate surface area is 169 Å². The lowest BCUT2D eigenvalue weighted by Gasteiger charge is -2.40. The number of likely N-dealkylation sites (N-methyl/N-ethyl adjacent to an activating group) is 1. The number of hydrogen-bond acceptors (Lipinski definition) is 5. The van der Waals surface area contributed by atoms with Crippen LogP contribution in [0.5, 0.6) is 0 Å². The van der Waals surface area contributed by atoms with Crippen molar-refractivity contribution in [2.24, 2.45) is 0 Å². The zero-order valence-corrected chi connectivity index (χ0v) is 18.0. The molecule has 7 heteroatoms. The van der Waals surface area contributed by atoms with E-state index in [9.17, 15) is 8.42 Å². The summed E-state index contributed by atoms with van der Waals surface area (Å²) in [5.74, 6) is 0.0801. The van der Waals surface area contributed by atoms with Gasteiger partial charge >= 0.3 is 0 Å². The quantitative estimate of drug-likeness (QED) is 0.677. The fraction of sp³-hybridized carbons (Fsp3) is 0.571. The second-order valence-electron chi connectivity index (χ2n) is 7.60. The molecular formula is C21H32N4O2S. The first-order valence-electron chi connectivity index (χ1n) is 10.2. The first-order valence-corrected chi connectivity index (χ1v) is 11.9. The van der Waals surface area contributed by atoms with E-state index in [-0.39, 0.29) is 10.9 Å². The monoisotopic (exact) mass is 404 g/mol. The van der Waals surface area contributed by atoms with Crippen molar-refractivity contribution in [3.05, 3.63) is 47.8 Å². The molecule has 154 valence electrons. The van der Waals surface area contributed by atoms with Crippen LogP contribution < -0.4 is 0 Å². The molecule has 1 fully saturated rings. The summed E-state index contributed by atoms with van der Waals surface area (Å²) in [6.45, 7) is 8.13. The Kier molecular flexibility index (Phi) is 6.91. The van der Waals surface area contributed by atoms with Crippen LogP contribution in [0.2, 0.25) is 0 Å². The fourth-order valence-corrected chi connectivity index (χ4v) is 4.81. The molecule has 0 aliphatic carbocycles. The molecule has 6 nitrogen and oxygen atoms in total. The van der Waals surface area contributed by atoms with Gasteiger partial charge in [-0.3, -0.25) is 4.90 Å². The Bertz CT molecular complexity index is 864. The second kappa shape index (κ2) is 9.20. The van der Waals surface area contributed by atoms with Crippen LogP contribution in [-0.2, 0) is 22.9 Å². The third-order valence-corrected chi connectivity index (χ3v) is 7.18. The predicted octanol–water partition coefficient (Wildman–Crippen LogP) is 2.97. The van der Waals surface area contributed by atoms with Crippen molar-refractivity contribution in [2.45, 2.75) is 51.0 Å². The van der Waals surface area contributed by atoms with Crippen LogP contribution >= 0.6 is 0 Å². The molecule has 0 radical (unpaired) electrons. The molecule has 28 heavy (non-hydrogen) atoms. The molecule has 0 saturated carbocycles.